The zero-order valence-corrected chi connectivity index (χ0v) is 10.9. The molecule has 18 heavy (non-hydrogen) atoms. The molecule has 1 unspecified atom stereocenters. The van der Waals surface area contributed by atoms with Gasteiger partial charge >= 0.3 is 0 Å². The molecule has 1 aliphatic rings. The Morgan fingerprint density at radius 1 is 1.78 bits per heavy atom. The number of nitrogens with zero attached hydrogens (tertiary/aromatic N) is 3. The van der Waals surface area contributed by atoms with Gasteiger partial charge in [-0.15, -0.1) is 0 Å². The number of aromatic nitrogens is 1. The van der Waals surface area contributed by atoms with E-state index in [0.29, 0.717) is 6.04 Å². The topological polar surface area (TPSA) is 49.6 Å². The van der Waals surface area contributed by atoms with Gasteiger partial charge in [-0.25, -0.2) is 4.98 Å². The van der Waals surface area contributed by atoms with Crippen LogP contribution in [0.2, 0.25) is 0 Å². The standard InChI is InChI=1S/C13H19N3O2/c1-4-13(17)16-6-5-11(7-16)15(3)8-12-10(2)18-9-14-12/h4,9,11H,1,5-8H2,2-3H3. The van der Waals surface area contributed by atoms with Crippen molar-refractivity contribution in [2.45, 2.75) is 25.9 Å². The molecule has 1 aliphatic heterocycles. The van der Waals surface area contributed by atoms with Gasteiger partial charge in [-0.05, 0) is 26.5 Å². The third-order valence-corrected chi connectivity index (χ3v) is 3.52. The van der Waals surface area contributed by atoms with E-state index in [0.717, 1.165) is 37.5 Å². The van der Waals surface area contributed by atoms with Gasteiger partial charge in [-0.2, -0.15) is 0 Å². The van der Waals surface area contributed by atoms with Crippen molar-refractivity contribution in [1.29, 1.82) is 0 Å². The zero-order valence-electron chi connectivity index (χ0n) is 10.9. The van der Waals surface area contributed by atoms with Crippen LogP contribution in [0.1, 0.15) is 17.9 Å². The minimum atomic E-state index is 0.0171. The fourth-order valence-electron chi connectivity index (χ4n) is 2.28. The highest BCUT2D eigenvalue weighted by molar-refractivity contribution is 5.87. The molecule has 0 aliphatic carbocycles. The Balaban J connectivity index is 1.91. The van der Waals surface area contributed by atoms with E-state index in [4.69, 9.17) is 4.42 Å². The molecule has 2 heterocycles. The molecule has 1 saturated heterocycles. The first-order valence-corrected chi connectivity index (χ1v) is 6.12. The monoisotopic (exact) mass is 249 g/mol. The van der Waals surface area contributed by atoms with E-state index in [2.05, 4.69) is 23.5 Å². The molecular formula is C13H19N3O2. The number of carbonyl (C=O) groups is 1. The lowest BCUT2D eigenvalue weighted by atomic mass is 10.2. The number of carbonyl (C=O) groups excluding carboxylic acids is 1. The maximum Gasteiger partial charge on any atom is 0.246 e. The third kappa shape index (κ3) is 2.61. The molecule has 5 nitrogen and oxygen atoms in total. The number of rotatable bonds is 4. The fourth-order valence-corrected chi connectivity index (χ4v) is 2.28. The molecule has 1 amide bonds. The summed E-state index contributed by atoms with van der Waals surface area (Å²) in [5.74, 6) is 0.877. The molecule has 1 aromatic rings. The van der Waals surface area contributed by atoms with Crippen LogP contribution in [0, 0.1) is 6.92 Å². The van der Waals surface area contributed by atoms with Gasteiger partial charge in [0.15, 0.2) is 6.39 Å². The Labute approximate surface area is 107 Å². The van der Waals surface area contributed by atoms with Crippen molar-refractivity contribution < 1.29 is 9.21 Å². The van der Waals surface area contributed by atoms with Crippen LogP contribution in [-0.2, 0) is 11.3 Å². The second-order valence-corrected chi connectivity index (χ2v) is 4.70. The highest BCUT2D eigenvalue weighted by Gasteiger charge is 2.28. The number of likely N-dealkylation sites (N-methyl/N-ethyl adjacent to an activating group) is 1. The van der Waals surface area contributed by atoms with Crippen LogP contribution in [0.4, 0.5) is 0 Å². The van der Waals surface area contributed by atoms with Crippen LogP contribution in [-0.4, -0.2) is 46.9 Å². The Bertz CT molecular complexity index is 441. The first kappa shape index (κ1) is 12.8. The second-order valence-electron chi connectivity index (χ2n) is 4.70. The Morgan fingerprint density at radius 3 is 3.17 bits per heavy atom. The molecular weight excluding hydrogens is 230 g/mol. The van der Waals surface area contributed by atoms with Crippen LogP contribution in [0.25, 0.3) is 0 Å². The number of amides is 1. The molecule has 0 N–H and O–H groups in total. The van der Waals surface area contributed by atoms with Gasteiger partial charge in [-0.3, -0.25) is 9.69 Å². The normalized spacial score (nSPS) is 19.5. The molecule has 98 valence electrons. The average Bonchev–Trinajstić information content (AvgIpc) is 2.98. The van der Waals surface area contributed by atoms with Crippen LogP contribution >= 0.6 is 0 Å². The van der Waals surface area contributed by atoms with Crippen molar-refractivity contribution in [3.63, 3.8) is 0 Å². The molecule has 0 spiro atoms. The van der Waals surface area contributed by atoms with E-state index in [1.165, 1.54) is 12.5 Å². The summed E-state index contributed by atoms with van der Waals surface area (Å²) in [7, 11) is 2.06. The van der Waals surface area contributed by atoms with Crippen LogP contribution in [0.15, 0.2) is 23.5 Å². The predicted molar refractivity (Wildman–Crippen MR) is 67.9 cm³/mol. The predicted octanol–water partition coefficient (Wildman–Crippen LogP) is 1.20. The van der Waals surface area contributed by atoms with Crippen molar-refractivity contribution in [3.05, 3.63) is 30.5 Å². The van der Waals surface area contributed by atoms with Crippen molar-refractivity contribution in [2.24, 2.45) is 0 Å². The highest BCUT2D eigenvalue weighted by atomic mass is 16.3. The average molecular weight is 249 g/mol. The fraction of sp³-hybridized carbons (Fsp3) is 0.538. The summed E-state index contributed by atoms with van der Waals surface area (Å²) >= 11 is 0. The van der Waals surface area contributed by atoms with Gasteiger partial charge in [0.1, 0.15) is 5.76 Å². The number of likely N-dealkylation sites (tertiary alicyclic amines) is 1. The number of hydrogen-bond acceptors (Lipinski definition) is 4. The van der Waals surface area contributed by atoms with E-state index in [-0.39, 0.29) is 5.91 Å². The maximum atomic E-state index is 11.5. The minimum absolute atomic E-state index is 0.0171. The van der Waals surface area contributed by atoms with Crippen LogP contribution in [0.5, 0.6) is 0 Å². The summed E-state index contributed by atoms with van der Waals surface area (Å²) in [6, 6.07) is 0.380. The summed E-state index contributed by atoms with van der Waals surface area (Å²) < 4.78 is 5.19. The largest absolute Gasteiger partial charge is 0.448 e. The van der Waals surface area contributed by atoms with Crippen LogP contribution in [0.3, 0.4) is 0 Å². The summed E-state index contributed by atoms with van der Waals surface area (Å²) in [4.78, 5) is 19.8. The van der Waals surface area contributed by atoms with Crippen molar-refractivity contribution in [2.75, 3.05) is 20.1 Å². The summed E-state index contributed by atoms with van der Waals surface area (Å²) in [6.07, 6.45) is 3.85. The van der Waals surface area contributed by atoms with E-state index in [9.17, 15) is 4.79 Å². The van der Waals surface area contributed by atoms with E-state index >= 15 is 0 Å². The minimum Gasteiger partial charge on any atom is -0.448 e. The second kappa shape index (κ2) is 5.35. The molecule has 0 aromatic carbocycles. The molecule has 0 saturated carbocycles. The van der Waals surface area contributed by atoms with Gasteiger partial charge in [0.25, 0.3) is 0 Å². The van der Waals surface area contributed by atoms with Crippen molar-refractivity contribution in [3.8, 4) is 0 Å². The Morgan fingerprint density at radius 2 is 2.56 bits per heavy atom. The molecule has 1 fully saturated rings. The van der Waals surface area contributed by atoms with Gasteiger partial charge in [0, 0.05) is 25.7 Å². The smallest absolute Gasteiger partial charge is 0.246 e. The number of aryl methyl sites for hydroxylation is 1. The first-order valence-electron chi connectivity index (χ1n) is 6.12. The van der Waals surface area contributed by atoms with Gasteiger partial charge in [0.05, 0.1) is 5.69 Å². The Kier molecular flexibility index (Phi) is 3.81. The highest BCUT2D eigenvalue weighted by Crippen LogP contribution is 2.17. The third-order valence-electron chi connectivity index (χ3n) is 3.52. The maximum absolute atomic E-state index is 11.5. The van der Waals surface area contributed by atoms with Gasteiger partial charge in [-0.1, -0.05) is 6.58 Å². The number of hydrogen-bond donors (Lipinski definition) is 0. The SMILES string of the molecule is C=CC(=O)N1CCC(N(C)Cc2ncoc2C)C1. The van der Waals surface area contributed by atoms with Crippen molar-refractivity contribution in [1.82, 2.24) is 14.8 Å². The molecule has 0 radical (unpaired) electrons. The van der Waals surface area contributed by atoms with E-state index < -0.39 is 0 Å². The van der Waals surface area contributed by atoms with Crippen LogP contribution < -0.4 is 0 Å². The molecule has 2 rings (SSSR count). The van der Waals surface area contributed by atoms with Gasteiger partial charge in [0.2, 0.25) is 5.91 Å². The van der Waals surface area contributed by atoms with E-state index in [1.807, 2.05) is 11.8 Å². The summed E-state index contributed by atoms with van der Waals surface area (Å²) in [5.41, 5.74) is 0.964. The quantitative estimate of drug-likeness (QED) is 0.752. The Hall–Kier alpha value is -1.62. The molecule has 0 bridgehead atoms. The van der Waals surface area contributed by atoms with Crippen molar-refractivity contribution >= 4 is 5.91 Å². The first-order chi connectivity index (χ1) is 8.61. The van der Waals surface area contributed by atoms with Gasteiger partial charge < -0.3 is 9.32 Å². The molecule has 5 heteroatoms. The van der Waals surface area contributed by atoms with E-state index in [1.54, 1.807) is 0 Å². The lowest BCUT2D eigenvalue weighted by molar-refractivity contribution is -0.125. The number of oxazole rings is 1. The lowest BCUT2D eigenvalue weighted by Gasteiger charge is -2.23. The lowest BCUT2D eigenvalue weighted by Crippen LogP contribution is -2.35. The molecule has 1 aromatic heterocycles. The molecule has 1 atom stereocenters. The summed E-state index contributed by atoms with van der Waals surface area (Å²) in [6.45, 7) is 7.75. The zero-order chi connectivity index (χ0) is 13.1. The summed E-state index contributed by atoms with van der Waals surface area (Å²) in [5, 5.41) is 0.